The Morgan fingerprint density at radius 2 is 2.14 bits per heavy atom. The van der Waals surface area contributed by atoms with Crippen molar-refractivity contribution in [2.45, 2.75) is 71.2 Å². The van der Waals surface area contributed by atoms with E-state index < -0.39 is 0 Å². The van der Waals surface area contributed by atoms with Gasteiger partial charge in [0.15, 0.2) is 5.16 Å². The summed E-state index contributed by atoms with van der Waals surface area (Å²) in [6.45, 7) is 12.1. The molecule has 1 amide bonds. The van der Waals surface area contributed by atoms with Gasteiger partial charge in [-0.3, -0.25) is 4.79 Å². The lowest BCUT2D eigenvalue weighted by atomic mass is 9.98. The van der Waals surface area contributed by atoms with Crippen LogP contribution in [-0.4, -0.2) is 33.9 Å². The van der Waals surface area contributed by atoms with Crippen molar-refractivity contribution in [3.8, 4) is 0 Å². The summed E-state index contributed by atoms with van der Waals surface area (Å²) in [6, 6.07) is 6.17. The summed E-state index contributed by atoms with van der Waals surface area (Å²) in [7, 11) is 0. The van der Waals surface area contributed by atoms with Crippen LogP contribution < -0.4 is 5.32 Å². The van der Waals surface area contributed by atoms with E-state index in [4.69, 9.17) is 4.74 Å². The zero-order valence-electron chi connectivity index (χ0n) is 17.5. The van der Waals surface area contributed by atoms with Gasteiger partial charge in [-0.25, -0.2) is 4.98 Å². The molecule has 1 N–H and O–H groups in total. The SMILES string of the molecule is Cc1cccc(C(C)C)c1NC(=O)CSc1nc(C)c(C)n1CC1CCCO1. The highest BCUT2D eigenvalue weighted by Crippen LogP contribution is 2.28. The van der Waals surface area contributed by atoms with Crippen LogP contribution in [0.3, 0.4) is 0 Å². The molecule has 1 aromatic carbocycles. The fraction of sp³-hybridized carbons (Fsp3) is 0.545. The van der Waals surface area contributed by atoms with E-state index in [-0.39, 0.29) is 12.0 Å². The monoisotopic (exact) mass is 401 g/mol. The molecule has 1 aliphatic rings. The van der Waals surface area contributed by atoms with Crippen LogP contribution in [0.4, 0.5) is 5.69 Å². The molecule has 152 valence electrons. The molecule has 0 spiro atoms. The highest BCUT2D eigenvalue weighted by atomic mass is 32.2. The Morgan fingerprint density at radius 3 is 2.82 bits per heavy atom. The van der Waals surface area contributed by atoms with Crippen LogP contribution in [-0.2, 0) is 16.1 Å². The average Bonchev–Trinajstić information content (AvgIpc) is 3.25. The number of aryl methyl sites for hydroxylation is 2. The smallest absolute Gasteiger partial charge is 0.234 e. The number of nitrogens with one attached hydrogen (secondary N) is 1. The minimum atomic E-state index is 0.00294. The Balaban J connectivity index is 1.68. The predicted molar refractivity (Wildman–Crippen MR) is 115 cm³/mol. The van der Waals surface area contributed by atoms with E-state index in [1.54, 1.807) is 0 Å². The second-order valence-electron chi connectivity index (χ2n) is 7.84. The van der Waals surface area contributed by atoms with Crippen LogP contribution in [0.1, 0.15) is 55.1 Å². The van der Waals surface area contributed by atoms with E-state index in [9.17, 15) is 4.79 Å². The second-order valence-corrected chi connectivity index (χ2v) is 8.78. The number of para-hydroxylation sites is 1. The molecule has 6 heteroatoms. The van der Waals surface area contributed by atoms with Gasteiger partial charge in [-0.05, 0) is 50.7 Å². The maximum atomic E-state index is 12.7. The average molecular weight is 402 g/mol. The van der Waals surface area contributed by atoms with E-state index in [1.807, 2.05) is 26.0 Å². The first-order valence-electron chi connectivity index (χ1n) is 10.0. The molecule has 1 aliphatic heterocycles. The molecule has 28 heavy (non-hydrogen) atoms. The highest BCUT2D eigenvalue weighted by Gasteiger charge is 2.21. The molecule has 1 aromatic heterocycles. The zero-order valence-corrected chi connectivity index (χ0v) is 18.4. The first-order chi connectivity index (χ1) is 13.4. The molecule has 0 radical (unpaired) electrons. The number of aromatic nitrogens is 2. The van der Waals surface area contributed by atoms with Crippen LogP contribution in [0.15, 0.2) is 23.4 Å². The topological polar surface area (TPSA) is 56.2 Å². The first kappa shape index (κ1) is 20.9. The molecule has 2 aromatic rings. The largest absolute Gasteiger partial charge is 0.376 e. The van der Waals surface area contributed by atoms with Crippen molar-refractivity contribution in [2.75, 3.05) is 17.7 Å². The summed E-state index contributed by atoms with van der Waals surface area (Å²) < 4.78 is 8.00. The summed E-state index contributed by atoms with van der Waals surface area (Å²) in [5.41, 5.74) is 5.38. The molecule has 3 rings (SSSR count). The Hall–Kier alpha value is -1.79. The Bertz CT molecular complexity index is 839. The second kappa shape index (κ2) is 9.14. The van der Waals surface area contributed by atoms with Gasteiger partial charge in [0, 0.05) is 18.0 Å². The minimum Gasteiger partial charge on any atom is -0.376 e. The van der Waals surface area contributed by atoms with Gasteiger partial charge >= 0.3 is 0 Å². The number of hydrogen-bond acceptors (Lipinski definition) is 4. The lowest BCUT2D eigenvalue weighted by molar-refractivity contribution is -0.113. The van der Waals surface area contributed by atoms with Crippen molar-refractivity contribution in [2.24, 2.45) is 0 Å². The molecule has 1 atom stereocenters. The lowest BCUT2D eigenvalue weighted by Crippen LogP contribution is -2.19. The first-order valence-corrected chi connectivity index (χ1v) is 11.0. The number of nitrogens with zero attached hydrogens (tertiary/aromatic N) is 2. The van der Waals surface area contributed by atoms with Gasteiger partial charge in [-0.15, -0.1) is 0 Å². The predicted octanol–water partition coefficient (Wildman–Crippen LogP) is 4.84. The minimum absolute atomic E-state index is 0.00294. The van der Waals surface area contributed by atoms with Crippen molar-refractivity contribution >= 4 is 23.4 Å². The summed E-state index contributed by atoms with van der Waals surface area (Å²) in [5.74, 6) is 0.703. The Labute approximate surface area is 172 Å². The molecule has 2 heterocycles. The summed E-state index contributed by atoms with van der Waals surface area (Å²) in [4.78, 5) is 17.4. The van der Waals surface area contributed by atoms with Gasteiger partial charge in [-0.1, -0.05) is 43.8 Å². The molecule has 1 unspecified atom stereocenters. The van der Waals surface area contributed by atoms with Crippen LogP contribution in [0, 0.1) is 20.8 Å². The normalized spacial score (nSPS) is 16.7. The quantitative estimate of drug-likeness (QED) is 0.675. The van der Waals surface area contributed by atoms with Crippen LogP contribution in [0.2, 0.25) is 0 Å². The highest BCUT2D eigenvalue weighted by molar-refractivity contribution is 7.99. The van der Waals surface area contributed by atoms with Crippen molar-refractivity contribution in [3.63, 3.8) is 0 Å². The number of amides is 1. The molecule has 0 bridgehead atoms. The third-order valence-electron chi connectivity index (χ3n) is 5.36. The molecule has 0 aliphatic carbocycles. The number of ether oxygens (including phenoxy) is 1. The molecule has 1 fully saturated rings. The third kappa shape index (κ3) is 4.78. The van der Waals surface area contributed by atoms with Crippen molar-refractivity contribution in [3.05, 3.63) is 40.7 Å². The summed E-state index contributed by atoms with van der Waals surface area (Å²) in [6.07, 6.45) is 2.46. The number of carbonyl (C=O) groups excluding carboxylic acids is 1. The number of rotatable bonds is 7. The molecule has 1 saturated heterocycles. The van der Waals surface area contributed by atoms with Crippen LogP contribution >= 0.6 is 11.8 Å². The van der Waals surface area contributed by atoms with E-state index in [0.717, 1.165) is 53.8 Å². The fourth-order valence-electron chi connectivity index (χ4n) is 3.59. The lowest BCUT2D eigenvalue weighted by Gasteiger charge is -2.17. The molecule has 5 nitrogen and oxygen atoms in total. The summed E-state index contributed by atoms with van der Waals surface area (Å²) >= 11 is 1.50. The maximum absolute atomic E-state index is 12.7. The van der Waals surface area contributed by atoms with Crippen LogP contribution in [0.5, 0.6) is 0 Å². The number of carbonyl (C=O) groups is 1. The van der Waals surface area contributed by atoms with Gasteiger partial charge < -0.3 is 14.6 Å². The van der Waals surface area contributed by atoms with Crippen molar-refractivity contribution in [1.82, 2.24) is 9.55 Å². The fourth-order valence-corrected chi connectivity index (χ4v) is 4.49. The van der Waals surface area contributed by atoms with Crippen LogP contribution in [0.25, 0.3) is 0 Å². The molecular formula is C22H31N3O2S. The molecule has 0 saturated carbocycles. The number of thioether (sulfide) groups is 1. The van der Waals surface area contributed by atoms with E-state index in [0.29, 0.717) is 11.7 Å². The van der Waals surface area contributed by atoms with Gasteiger partial charge in [0.1, 0.15) is 0 Å². The number of benzene rings is 1. The number of hydrogen-bond donors (Lipinski definition) is 1. The van der Waals surface area contributed by atoms with E-state index in [2.05, 4.69) is 41.7 Å². The van der Waals surface area contributed by atoms with E-state index >= 15 is 0 Å². The Morgan fingerprint density at radius 1 is 1.36 bits per heavy atom. The number of anilines is 1. The molecular weight excluding hydrogens is 370 g/mol. The van der Waals surface area contributed by atoms with Gasteiger partial charge in [-0.2, -0.15) is 0 Å². The standard InChI is InChI=1S/C22H31N3O2S/c1-14(2)19-10-6-8-15(3)21(19)24-20(26)13-28-22-23-16(4)17(5)25(22)12-18-9-7-11-27-18/h6,8,10,14,18H,7,9,11-13H2,1-5H3,(H,24,26). The zero-order chi connectivity index (χ0) is 20.3. The van der Waals surface area contributed by atoms with Crippen molar-refractivity contribution < 1.29 is 9.53 Å². The maximum Gasteiger partial charge on any atom is 0.234 e. The van der Waals surface area contributed by atoms with Gasteiger partial charge in [0.05, 0.1) is 24.1 Å². The summed E-state index contributed by atoms with van der Waals surface area (Å²) in [5, 5.41) is 4.02. The van der Waals surface area contributed by atoms with Gasteiger partial charge in [0.2, 0.25) is 5.91 Å². The third-order valence-corrected chi connectivity index (χ3v) is 6.33. The van der Waals surface area contributed by atoms with Crippen molar-refractivity contribution in [1.29, 1.82) is 0 Å². The van der Waals surface area contributed by atoms with Gasteiger partial charge in [0.25, 0.3) is 0 Å². The number of imidazole rings is 1. The Kier molecular flexibility index (Phi) is 6.83. The van der Waals surface area contributed by atoms with E-state index in [1.165, 1.54) is 17.3 Å².